The van der Waals surface area contributed by atoms with Crippen molar-refractivity contribution in [1.82, 2.24) is 10.2 Å². The third kappa shape index (κ3) is 4.18. The zero-order valence-electron chi connectivity index (χ0n) is 9.83. The Balaban J connectivity index is 2.11. The molecule has 1 aliphatic rings. The molecule has 0 spiro atoms. The molecule has 1 unspecified atom stereocenters. The van der Waals surface area contributed by atoms with Gasteiger partial charge in [-0.2, -0.15) is 0 Å². The SMILES string of the molecule is CCN(CCNC(=O)C(C)CN)C1CC1. The van der Waals surface area contributed by atoms with Gasteiger partial charge in [0.25, 0.3) is 0 Å². The van der Waals surface area contributed by atoms with Crippen molar-refractivity contribution < 1.29 is 4.79 Å². The summed E-state index contributed by atoms with van der Waals surface area (Å²) in [5.74, 6) is 0.00496. The highest BCUT2D eigenvalue weighted by Crippen LogP contribution is 2.25. The minimum atomic E-state index is -0.0685. The molecule has 1 saturated carbocycles. The Morgan fingerprint density at radius 2 is 2.27 bits per heavy atom. The molecule has 0 aromatic carbocycles. The molecule has 0 aromatic heterocycles. The van der Waals surface area contributed by atoms with E-state index in [9.17, 15) is 4.79 Å². The third-order valence-corrected chi connectivity index (χ3v) is 2.97. The lowest BCUT2D eigenvalue weighted by Crippen LogP contribution is -2.39. The van der Waals surface area contributed by atoms with E-state index in [4.69, 9.17) is 5.73 Å². The maximum Gasteiger partial charge on any atom is 0.224 e. The summed E-state index contributed by atoms with van der Waals surface area (Å²) in [6.45, 7) is 7.23. The highest BCUT2D eigenvalue weighted by Gasteiger charge is 2.27. The van der Waals surface area contributed by atoms with Crippen LogP contribution in [-0.2, 0) is 4.79 Å². The van der Waals surface area contributed by atoms with Gasteiger partial charge < -0.3 is 11.1 Å². The molecule has 0 heterocycles. The molecular weight excluding hydrogens is 190 g/mol. The van der Waals surface area contributed by atoms with Crippen LogP contribution in [0.2, 0.25) is 0 Å². The van der Waals surface area contributed by atoms with Gasteiger partial charge >= 0.3 is 0 Å². The van der Waals surface area contributed by atoms with Crippen molar-refractivity contribution in [3.8, 4) is 0 Å². The van der Waals surface area contributed by atoms with Gasteiger partial charge in [-0.25, -0.2) is 0 Å². The van der Waals surface area contributed by atoms with Gasteiger partial charge in [0.1, 0.15) is 0 Å². The predicted octanol–water partition coefficient (Wildman–Crippen LogP) is 0.182. The zero-order valence-corrected chi connectivity index (χ0v) is 9.83. The van der Waals surface area contributed by atoms with Crippen molar-refractivity contribution in [3.05, 3.63) is 0 Å². The second-order valence-electron chi connectivity index (χ2n) is 4.29. The van der Waals surface area contributed by atoms with Crippen LogP contribution in [0.15, 0.2) is 0 Å². The molecule has 1 rings (SSSR count). The molecule has 4 nitrogen and oxygen atoms in total. The molecule has 1 aliphatic carbocycles. The van der Waals surface area contributed by atoms with E-state index in [0.29, 0.717) is 6.54 Å². The van der Waals surface area contributed by atoms with Crippen LogP contribution in [0.1, 0.15) is 26.7 Å². The molecule has 3 N–H and O–H groups in total. The average Bonchev–Trinajstić information content (AvgIpc) is 3.06. The minimum Gasteiger partial charge on any atom is -0.355 e. The van der Waals surface area contributed by atoms with E-state index in [-0.39, 0.29) is 11.8 Å². The van der Waals surface area contributed by atoms with Crippen LogP contribution in [0.3, 0.4) is 0 Å². The Morgan fingerprint density at radius 1 is 1.60 bits per heavy atom. The maximum atomic E-state index is 11.4. The van der Waals surface area contributed by atoms with Crippen LogP contribution in [-0.4, -0.2) is 43.0 Å². The van der Waals surface area contributed by atoms with Crippen molar-refractivity contribution in [3.63, 3.8) is 0 Å². The Kier molecular flexibility index (Phi) is 5.05. The molecule has 0 saturated heterocycles. The first-order valence-electron chi connectivity index (χ1n) is 5.90. The highest BCUT2D eigenvalue weighted by molar-refractivity contribution is 5.78. The molecule has 0 aromatic rings. The van der Waals surface area contributed by atoms with Gasteiger partial charge in [0, 0.05) is 31.6 Å². The van der Waals surface area contributed by atoms with E-state index in [1.807, 2.05) is 6.92 Å². The number of likely N-dealkylation sites (N-methyl/N-ethyl adjacent to an activating group) is 1. The van der Waals surface area contributed by atoms with E-state index in [1.165, 1.54) is 12.8 Å². The summed E-state index contributed by atoms with van der Waals surface area (Å²) in [5.41, 5.74) is 5.42. The molecule has 88 valence electrons. The quantitative estimate of drug-likeness (QED) is 0.634. The zero-order chi connectivity index (χ0) is 11.3. The lowest BCUT2D eigenvalue weighted by molar-refractivity contribution is -0.124. The molecule has 4 heteroatoms. The Labute approximate surface area is 92.2 Å². The molecule has 1 fully saturated rings. The van der Waals surface area contributed by atoms with E-state index in [2.05, 4.69) is 17.1 Å². The fourth-order valence-corrected chi connectivity index (χ4v) is 1.64. The first-order valence-corrected chi connectivity index (χ1v) is 5.90. The standard InChI is InChI=1S/C11H23N3O/c1-3-14(10-4-5-10)7-6-13-11(15)9(2)8-12/h9-10H,3-8,12H2,1-2H3,(H,13,15). The number of amides is 1. The number of nitrogens with two attached hydrogens (primary N) is 1. The first-order chi connectivity index (χ1) is 7.19. The predicted molar refractivity (Wildman–Crippen MR) is 61.5 cm³/mol. The smallest absolute Gasteiger partial charge is 0.224 e. The number of nitrogens with one attached hydrogen (secondary N) is 1. The molecule has 0 radical (unpaired) electrons. The number of hydrogen-bond acceptors (Lipinski definition) is 3. The largest absolute Gasteiger partial charge is 0.355 e. The number of carbonyl (C=O) groups is 1. The van der Waals surface area contributed by atoms with Crippen LogP contribution in [0.4, 0.5) is 0 Å². The van der Waals surface area contributed by atoms with Gasteiger partial charge in [-0.15, -0.1) is 0 Å². The highest BCUT2D eigenvalue weighted by atomic mass is 16.1. The normalized spacial score (nSPS) is 17.9. The van der Waals surface area contributed by atoms with Gasteiger partial charge in [-0.05, 0) is 19.4 Å². The first kappa shape index (κ1) is 12.5. The van der Waals surface area contributed by atoms with Crippen molar-refractivity contribution in [1.29, 1.82) is 0 Å². The molecule has 15 heavy (non-hydrogen) atoms. The lowest BCUT2D eigenvalue weighted by Gasteiger charge is -2.20. The second kappa shape index (κ2) is 6.08. The van der Waals surface area contributed by atoms with Gasteiger partial charge in [0.2, 0.25) is 5.91 Å². The summed E-state index contributed by atoms with van der Waals surface area (Å²) >= 11 is 0. The fraction of sp³-hybridized carbons (Fsp3) is 0.909. The van der Waals surface area contributed by atoms with Crippen molar-refractivity contribution >= 4 is 5.91 Å². The number of carbonyl (C=O) groups excluding carboxylic acids is 1. The average molecular weight is 213 g/mol. The third-order valence-electron chi connectivity index (χ3n) is 2.97. The van der Waals surface area contributed by atoms with E-state index >= 15 is 0 Å². The van der Waals surface area contributed by atoms with Crippen molar-refractivity contribution in [2.75, 3.05) is 26.2 Å². The molecule has 1 atom stereocenters. The van der Waals surface area contributed by atoms with Gasteiger partial charge in [-0.3, -0.25) is 9.69 Å². The Hall–Kier alpha value is -0.610. The Bertz CT molecular complexity index is 204. The van der Waals surface area contributed by atoms with Crippen molar-refractivity contribution in [2.24, 2.45) is 11.7 Å². The van der Waals surface area contributed by atoms with Crippen molar-refractivity contribution in [2.45, 2.75) is 32.7 Å². The van der Waals surface area contributed by atoms with Crippen LogP contribution in [0.5, 0.6) is 0 Å². The van der Waals surface area contributed by atoms with Crippen LogP contribution in [0.25, 0.3) is 0 Å². The number of hydrogen-bond donors (Lipinski definition) is 2. The second-order valence-corrected chi connectivity index (χ2v) is 4.29. The summed E-state index contributed by atoms with van der Waals surface area (Å²) in [5, 5.41) is 2.92. The topological polar surface area (TPSA) is 58.4 Å². The molecule has 0 aliphatic heterocycles. The monoisotopic (exact) mass is 213 g/mol. The summed E-state index contributed by atoms with van der Waals surface area (Å²) in [6.07, 6.45) is 2.64. The van der Waals surface area contributed by atoms with E-state index < -0.39 is 0 Å². The van der Waals surface area contributed by atoms with Gasteiger partial charge in [0.15, 0.2) is 0 Å². The lowest BCUT2D eigenvalue weighted by atomic mass is 10.2. The minimum absolute atomic E-state index is 0.0685. The van der Waals surface area contributed by atoms with Gasteiger partial charge in [0.05, 0.1) is 0 Å². The number of rotatable bonds is 7. The summed E-state index contributed by atoms with van der Waals surface area (Å²) < 4.78 is 0. The van der Waals surface area contributed by atoms with Crippen LogP contribution >= 0.6 is 0 Å². The van der Waals surface area contributed by atoms with E-state index in [1.54, 1.807) is 0 Å². The van der Waals surface area contributed by atoms with E-state index in [0.717, 1.165) is 25.7 Å². The summed E-state index contributed by atoms with van der Waals surface area (Å²) in [6, 6.07) is 0.777. The molecule has 0 bridgehead atoms. The Morgan fingerprint density at radius 3 is 2.73 bits per heavy atom. The maximum absolute atomic E-state index is 11.4. The van der Waals surface area contributed by atoms with Gasteiger partial charge in [-0.1, -0.05) is 13.8 Å². The summed E-state index contributed by atoms with van der Waals surface area (Å²) in [7, 11) is 0. The number of nitrogens with zero attached hydrogens (tertiary/aromatic N) is 1. The van der Waals surface area contributed by atoms with Crippen LogP contribution < -0.4 is 11.1 Å². The summed E-state index contributed by atoms with van der Waals surface area (Å²) in [4.78, 5) is 13.8. The fourth-order valence-electron chi connectivity index (χ4n) is 1.64. The molecule has 1 amide bonds. The molecular formula is C11H23N3O. The van der Waals surface area contributed by atoms with Crippen LogP contribution in [0, 0.1) is 5.92 Å².